The molecule has 2 saturated carbocycles. The maximum absolute atomic E-state index is 4.86. The van der Waals surface area contributed by atoms with Gasteiger partial charge in [0.05, 0.1) is 0 Å². The van der Waals surface area contributed by atoms with Crippen LogP contribution in [0.4, 0.5) is 0 Å². The molecule has 0 amide bonds. The zero-order chi connectivity index (χ0) is 12.4. The number of aromatic amines is 1. The molecule has 0 spiro atoms. The summed E-state index contributed by atoms with van der Waals surface area (Å²) in [6.45, 7) is 2.35. The summed E-state index contributed by atoms with van der Waals surface area (Å²) in [5.41, 5.74) is 0.238. The summed E-state index contributed by atoms with van der Waals surface area (Å²) in [5.74, 6) is 2.89. The van der Waals surface area contributed by atoms with Gasteiger partial charge in [0.2, 0.25) is 0 Å². The highest BCUT2D eigenvalue weighted by molar-refractivity contribution is 5.09. The second-order valence-electron chi connectivity index (χ2n) is 6.50. The summed E-state index contributed by atoms with van der Waals surface area (Å²) >= 11 is 0. The number of hydrogen-bond donors (Lipinski definition) is 1. The van der Waals surface area contributed by atoms with Crippen LogP contribution in [-0.4, -0.2) is 15.2 Å². The second-order valence-corrected chi connectivity index (χ2v) is 6.50. The van der Waals surface area contributed by atoms with E-state index in [9.17, 15) is 0 Å². The predicted molar refractivity (Wildman–Crippen MR) is 72.6 cm³/mol. The molecule has 3 rings (SSSR count). The summed E-state index contributed by atoms with van der Waals surface area (Å²) in [6, 6.07) is 0. The number of nitrogens with one attached hydrogen (secondary N) is 1. The van der Waals surface area contributed by atoms with Crippen molar-refractivity contribution in [3.63, 3.8) is 0 Å². The van der Waals surface area contributed by atoms with Crippen LogP contribution in [0, 0.1) is 0 Å². The van der Waals surface area contributed by atoms with Crippen molar-refractivity contribution in [3.8, 4) is 0 Å². The minimum absolute atomic E-state index is 0.238. The van der Waals surface area contributed by atoms with Gasteiger partial charge in [0.25, 0.3) is 0 Å². The minimum atomic E-state index is 0.238. The first-order valence-electron chi connectivity index (χ1n) is 7.71. The number of hydrogen-bond acceptors (Lipinski definition) is 2. The Kier molecular flexibility index (Phi) is 3.40. The van der Waals surface area contributed by atoms with E-state index in [1.165, 1.54) is 64.2 Å². The molecule has 18 heavy (non-hydrogen) atoms. The van der Waals surface area contributed by atoms with Gasteiger partial charge in [-0.1, -0.05) is 45.4 Å². The van der Waals surface area contributed by atoms with Crippen molar-refractivity contribution in [2.45, 2.75) is 82.5 Å². The molecule has 0 radical (unpaired) electrons. The number of H-pyrrole nitrogens is 1. The van der Waals surface area contributed by atoms with Crippen LogP contribution in [0.3, 0.4) is 0 Å². The Morgan fingerprint density at radius 2 is 1.67 bits per heavy atom. The molecule has 1 aromatic rings. The molecule has 0 aliphatic heterocycles. The van der Waals surface area contributed by atoms with E-state index in [4.69, 9.17) is 4.98 Å². The van der Waals surface area contributed by atoms with Gasteiger partial charge < -0.3 is 0 Å². The van der Waals surface area contributed by atoms with Gasteiger partial charge in [-0.3, -0.25) is 5.10 Å². The molecule has 0 atom stereocenters. The van der Waals surface area contributed by atoms with Gasteiger partial charge in [-0.2, -0.15) is 5.10 Å². The first-order chi connectivity index (χ1) is 8.78. The topological polar surface area (TPSA) is 41.6 Å². The van der Waals surface area contributed by atoms with Crippen molar-refractivity contribution in [2.75, 3.05) is 0 Å². The highest BCUT2D eigenvalue weighted by Gasteiger charge is 2.33. The molecule has 2 fully saturated rings. The molecule has 0 unspecified atom stereocenters. The van der Waals surface area contributed by atoms with Gasteiger partial charge in [0.1, 0.15) is 5.82 Å². The Labute approximate surface area is 110 Å². The summed E-state index contributed by atoms with van der Waals surface area (Å²) < 4.78 is 0. The summed E-state index contributed by atoms with van der Waals surface area (Å²) in [6.07, 6.45) is 13.3. The van der Waals surface area contributed by atoms with Gasteiger partial charge >= 0.3 is 0 Å². The van der Waals surface area contributed by atoms with Gasteiger partial charge in [-0.25, -0.2) is 4.98 Å². The van der Waals surface area contributed by atoms with Crippen molar-refractivity contribution in [1.82, 2.24) is 15.2 Å². The number of nitrogens with zero attached hydrogens (tertiary/aromatic N) is 2. The molecule has 2 aliphatic carbocycles. The largest absolute Gasteiger partial charge is 0.263 e. The third-order valence-corrected chi connectivity index (χ3v) is 4.99. The van der Waals surface area contributed by atoms with Crippen molar-refractivity contribution in [1.29, 1.82) is 0 Å². The van der Waals surface area contributed by atoms with Crippen LogP contribution in [0.2, 0.25) is 0 Å². The van der Waals surface area contributed by atoms with Crippen LogP contribution in [-0.2, 0) is 5.41 Å². The van der Waals surface area contributed by atoms with Crippen LogP contribution in [0.25, 0.3) is 0 Å². The average Bonchev–Trinajstić information content (AvgIpc) is 2.91. The molecule has 1 N–H and O–H groups in total. The molecule has 0 aromatic carbocycles. The van der Waals surface area contributed by atoms with E-state index < -0.39 is 0 Å². The van der Waals surface area contributed by atoms with Gasteiger partial charge in [-0.15, -0.1) is 0 Å². The predicted octanol–water partition coefficient (Wildman–Crippen LogP) is 4.07. The molecule has 1 heterocycles. The molecule has 0 saturated heterocycles. The van der Waals surface area contributed by atoms with Crippen LogP contribution in [0.5, 0.6) is 0 Å². The number of aromatic nitrogens is 3. The van der Waals surface area contributed by atoms with Crippen molar-refractivity contribution in [3.05, 3.63) is 11.6 Å². The lowest BCUT2D eigenvalue weighted by atomic mass is 9.75. The van der Waals surface area contributed by atoms with Crippen LogP contribution in [0.1, 0.15) is 88.7 Å². The highest BCUT2D eigenvalue weighted by atomic mass is 15.2. The Hall–Kier alpha value is -0.860. The molecule has 2 aliphatic rings. The normalized spacial score (nSPS) is 25.2. The van der Waals surface area contributed by atoms with Crippen molar-refractivity contribution < 1.29 is 0 Å². The zero-order valence-corrected chi connectivity index (χ0v) is 11.5. The average molecular weight is 247 g/mol. The molecule has 3 nitrogen and oxygen atoms in total. The van der Waals surface area contributed by atoms with Crippen LogP contribution < -0.4 is 0 Å². The fraction of sp³-hybridized carbons (Fsp3) is 0.867. The Morgan fingerprint density at radius 1 is 1.00 bits per heavy atom. The van der Waals surface area contributed by atoms with Gasteiger partial charge in [-0.05, 0) is 25.7 Å². The first-order valence-corrected chi connectivity index (χ1v) is 7.71. The maximum atomic E-state index is 4.86. The van der Waals surface area contributed by atoms with E-state index in [0.29, 0.717) is 5.92 Å². The van der Waals surface area contributed by atoms with Gasteiger partial charge in [0, 0.05) is 11.3 Å². The van der Waals surface area contributed by atoms with Crippen LogP contribution in [0.15, 0.2) is 0 Å². The van der Waals surface area contributed by atoms with Gasteiger partial charge in [0.15, 0.2) is 5.82 Å². The first kappa shape index (κ1) is 12.2. The number of rotatable bonds is 2. The monoisotopic (exact) mass is 247 g/mol. The van der Waals surface area contributed by atoms with E-state index in [1.807, 2.05) is 0 Å². The second kappa shape index (κ2) is 5.02. The SMILES string of the molecule is CC1(c2n[nH]c(C3CCCCC3)n2)CCCCC1. The Bertz CT molecular complexity index is 384. The molecule has 100 valence electrons. The third-order valence-electron chi connectivity index (χ3n) is 4.99. The lowest BCUT2D eigenvalue weighted by Gasteiger charge is -2.30. The molecular weight excluding hydrogens is 222 g/mol. The van der Waals surface area contributed by atoms with E-state index >= 15 is 0 Å². The standard InChI is InChI=1S/C15H25N3/c1-15(10-6-3-7-11-15)14-16-13(17-18-14)12-8-4-2-5-9-12/h12H,2-11H2,1H3,(H,16,17,18). The smallest absolute Gasteiger partial charge is 0.156 e. The minimum Gasteiger partial charge on any atom is -0.263 e. The fourth-order valence-corrected chi connectivity index (χ4v) is 3.66. The Balaban J connectivity index is 1.75. The molecular formula is C15H25N3. The maximum Gasteiger partial charge on any atom is 0.156 e. The lowest BCUT2D eigenvalue weighted by molar-refractivity contribution is 0.304. The van der Waals surface area contributed by atoms with E-state index in [1.54, 1.807) is 0 Å². The highest BCUT2D eigenvalue weighted by Crippen LogP contribution is 2.38. The van der Waals surface area contributed by atoms with E-state index in [-0.39, 0.29) is 5.41 Å². The van der Waals surface area contributed by atoms with Crippen LogP contribution >= 0.6 is 0 Å². The molecule has 0 bridgehead atoms. The quantitative estimate of drug-likeness (QED) is 0.855. The van der Waals surface area contributed by atoms with Crippen molar-refractivity contribution in [2.24, 2.45) is 0 Å². The zero-order valence-electron chi connectivity index (χ0n) is 11.5. The summed E-state index contributed by atoms with van der Waals surface area (Å²) in [4.78, 5) is 4.86. The van der Waals surface area contributed by atoms with Crippen molar-refractivity contribution >= 4 is 0 Å². The Morgan fingerprint density at radius 3 is 2.39 bits per heavy atom. The third kappa shape index (κ3) is 2.32. The fourth-order valence-electron chi connectivity index (χ4n) is 3.66. The van der Waals surface area contributed by atoms with E-state index in [0.717, 1.165) is 11.6 Å². The lowest BCUT2D eigenvalue weighted by Crippen LogP contribution is -2.26. The van der Waals surface area contributed by atoms with E-state index in [2.05, 4.69) is 17.1 Å². The summed E-state index contributed by atoms with van der Waals surface area (Å²) in [7, 11) is 0. The summed E-state index contributed by atoms with van der Waals surface area (Å²) in [5, 5.41) is 7.79. The molecule has 3 heteroatoms. The molecule has 1 aromatic heterocycles.